The van der Waals surface area contributed by atoms with Crippen molar-refractivity contribution in [2.45, 2.75) is 19.6 Å². The molecule has 0 aromatic heterocycles. The van der Waals surface area contributed by atoms with Crippen LogP contribution in [-0.4, -0.2) is 42.0 Å². The molecule has 0 saturated carbocycles. The minimum atomic E-state index is -0.859. The van der Waals surface area contributed by atoms with E-state index in [1.54, 1.807) is 24.3 Å². The molecule has 1 amide bonds. The number of likely N-dealkylation sites (tertiary alicyclic amines) is 1. The third kappa shape index (κ3) is 5.10. The van der Waals surface area contributed by atoms with Crippen LogP contribution >= 0.6 is 0 Å². The van der Waals surface area contributed by atoms with Gasteiger partial charge in [-0.1, -0.05) is 36.4 Å². The molecule has 3 aromatic carbocycles. The molecule has 0 radical (unpaired) electrons. The zero-order valence-corrected chi connectivity index (χ0v) is 19.5. The van der Waals surface area contributed by atoms with Crippen molar-refractivity contribution >= 4 is 17.4 Å². The van der Waals surface area contributed by atoms with Gasteiger partial charge in [0.1, 0.15) is 23.9 Å². The molecule has 1 aliphatic rings. The number of aliphatic hydroxyl groups excluding tert-OH is 1. The summed E-state index contributed by atoms with van der Waals surface area (Å²) >= 11 is 0. The summed E-state index contributed by atoms with van der Waals surface area (Å²) in [4.78, 5) is 27.1. The van der Waals surface area contributed by atoms with Crippen LogP contribution in [0.15, 0.2) is 78.4 Å². The average Bonchev–Trinajstić information content (AvgIpc) is 3.12. The van der Waals surface area contributed by atoms with E-state index in [0.717, 1.165) is 11.1 Å². The van der Waals surface area contributed by atoms with Gasteiger partial charge in [-0.15, -0.1) is 0 Å². The van der Waals surface area contributed by atoms with Crippen molar-refractivity contribution in [3.8, 4) is 5.75 Å². The van der Waals surface area contributed by atoms with Crippen LogP contribution in [0, 0.1) is 12.7 Å². The summed E-state index contributed by atoms with van der Waals surface area (Å²) in [6.45, 7) is 2.76. The van der Waals surface area contributed by atoms with Gasteiger partial charge < -0.3 is 19.5 Å². The number of carbonyl (C=O) groups excluding carboxylic acids is 2. The molecule has 4 rings (SSSR count). The van der Waals surface area contributed by atoms with Crippen molar-refractivity contribution in [1.82, 2.24) is 4.90 Å². The predicted octanol–water partition coefficient (Wildman–Crippen LogP) is 4.78. The van der Waals surface area contributed by atoms with Crippen molar-refractivity contribution in [1.29, 1.82) is 0 Å². The molecular weight excluding hydrogens is 449 g/mol. The highest BCUT2D eigenvalue weighted by molar-refractivity contribution is 6.46. The molecule has 0 aliphatic carbocycles. The Bertz CT molecular complexity index is 1250. The van der Waals surface area contributed by atoms with Gasteiger partial charge in [-0.25, -0.2) is 4.39 Å². The van der Waals surface area contributed by atoms with E-state index < -0.39 is 23.5 Å². The number of benzene rings is 3. The van der Waals surface area contributed by atoms with E-state index in [-0.39, 0.29) is 24.5 Å². The van der Waals surface area contributed by atoms with Crippen LogP contribution in [0.1, 0.15) is 28.3 Å². The van der Waals surface area contributed by atoms with Crippen LogP contribution in [0.5, 0.6) is 5.75 Å². The van der Waals surface area contributed by atoms with Gasteiger partial charge in [-0.05, 0) is 60.0 Å². The summed E-state index contributed by atoms with van der Waals surface area (Å²) in [5.41, 5.74) is 3.02. The summed E-state index contributed by atoms with van der Waals surface area (Å²) in [7, 11) is 1.49. The Kier molecular flexibility index (Phi) is 7.27. The molecule has 1 unspecified atom stereocenters. The number of methoxy groups -OCH3 is 1. The molecule has 180 valence electrons. The van der Waals surface area contributed by atoms with E-state index >= 15 is 0 Å². The molecule has 7 heteroatoms. The molecule has 35 heavy (non-hydrogen) atoms. The van der Waals surface area contributed by atoms with Crippen LogP contribution in [0.25, 0.3) is 5.76 Å². The Morgan fingerprint density at radius 2 is 1.69 bits per heavy atom. The lowest BCUT2D eigenvalue weighted by atomic mass is 9.95. The smallest absolute Gasteiger partial charge is 0.295 e. The molecule has 1 saturated heterocycles. The standard InChI is InChI=1S/C28H26FNO5/c1-18-5-3-4-6-21(18)17-35-23-13-9-20(10-14-23)26(31)24-25(19-7-11-22(29)12-8-19)30(15-16-34-2)28(33)27(24)32/h3-14,25,31H,15-17H2,1-2H3/b26-24+. The molecule has 1 heterocycles. The van der Waals surface area contributed by atoms with E-state index in [1.165, 1.54) is 36.3 Å². The van der Waals surface area contributed by atoms with E-state index in [4.69, 9.17) is 9.47 Å². The summed E-state index contributed by atoms with van der Waals surface area (Å²) in [6, 6.07) is 19.2. The number of aliphatic hydroxyl groups is 1. The lowest BCUT2D eigenvalue weighted by molar-refractivity contribution is -0.140. The fourth-order valence-corrected chi connectivity index (χ4v) is 4.09. The highest BCUT2D eigenvalue weighted by atomic mass is 19.1. The lowest BCUT2D eigenvalue weighted by Crippen LogP contribution is -2.32. The fraction of sp³-hybridized carbons (Fsp3) is 0.214. The number of carbonyl (C=O) groups is 2. The van der Waals surface area contributed by atoms with Gasteiger partial charge in [0.15, 0.2) is 0 Å². The Labute approximate surface area is 203 Å². The number of amides is 1. The summed E-state index contributed by atoms with van der Waals surface area (Å²) in [5.74, 6) is -1.68. The molecule has 1 aliphatic heterocycles. The van der Waals surface area contributed by atoms with Crippen LogP contribution in [-0.2, 0) is 20.9 Å². The zero-order valence-electron chi connectivity index (χ0n) is 19.5. The van der Waals surface area contributed by atoms with E-state index in [9.17, 15) is 19.1 Å². The first-order chi connectivity index (χ1) is 16.9. The number of hydrogen-bond acceptors (Lipinski definition) is 5. The molecule has 0 spiro atoms. The van der Waals surface area contributed by atoms with Gasteiger partial charge in [0.05, 0.1) is 18.2 Å². The third-order valence-corrected chi connectivity index (χ3v) is 6.05. The Morgan fingerprint density at radius 1 is 1.00 bits per heavy atom. The number of ketones is 1. The predicted molar refractivity (Wildman–Crippen MR) is 129 cm³/mol. The van der Waals surface area contributed by atoms with Crippen molar-refractivity contribution < 1.29 is 28.6 Å². The summed E-state index contributed by atoms with van der Waals surface area (Å²) < 4.78 is 24.5. The minimum Gasteiger partial charge on any atom is -0.507 e. The number of nitrogens with zero attached hydrogens (tertiary/aromatic N) is 1. The molecule has 3 aromatic rings. The molecule has 1 atom stereocenters. The van der Waals surface area contributed by atoms with Gasteiger partial charge >= 0.3 is 0 Å². The summed E-state index contributed by atoms with van der Waals surface area (Å²) in [5, 5.41) is 11.1. The van der Waals surface area contributed by atoms with Gasteiger partial charge in [-0.2, -0.15) is 0 Å². The second-order valence-corrected chi connectivity index (χ2v) is 8.28. The first kappa shape index (κ1) is 24.2. The van der Waals surface area contributed by atoms with Crippen molar-refractivity contribution in [3.05, 3.63) is 106 Å². The first-order valence-corrected chi connectivity index (χ1v) is 11.2. The molecule has 1 N–H and O–H groups in total. The largest absolute Gasteiger partial charge is 0.507 e. The van der Waals surface area contributed by atoms with Crippen molar-refractivity contribution in [2.24, 2.45) is 0 Å². The Hall–Kier alpha value is -3.97. The lowest BCUT2D eigenvalue weighted by Gasteiger charge is -2.25. The van der Waals surface area contributed by atoms with Gasteiger partial charge in [-0.3, -0.25) is 9.59 Å². The maximum atomic E-state index is 13.5. The van der Waals surface area contributed by atoms with Crippen LogP contribution in [0.3, 0.4) is 0 Å². The summed E-state index contributed by atoms with van der Waals surface area (Å²) in [6.07, 6.45) is 0. The SMILES string of the molecule is COCCN1C(=O)C(=O)/C(=C(/O)c2ccc(OCc3ccccc3C)cc2)C1c1ccc(F)cc1. The van der Waals surface area contributed by atoms with Crippen LogP contribution in [0.2, 0.25) is 0 Å². The maximum absolute atomic E-state index is 13.5. The number of aryl methyl sites for hydroxylation is 1. The van der Waals surface area contributed by atoms with Gasteiger partial charge in [0.2, 0.25) is 0 Å². The molecule has 6 nitrogen and oxygen atoms in total. The van der Waals surface area contributed by atoms with E-state index in [1.807, 2.05) is 31.2 Å². The van der Waals surface area contributed by atoms with Gasteiger partial charge in [0, 0.05) is 19.2 Å². The molecular formula is C28H26FNO5. The van der Waals surface area contributed by atoms with Gasteiger partial charge in [0.25, 0.3) is 11.7 Å². The van der Waals surface area contributed by atoms with E-state index in [2.05, 4.69) is 0 Å². The highest BCUT2D eigenvalue weighted by Gasteiger charge is 2.45. The number of Topliss-reactive ketones (excluding diaryl/α,β-unsaturated/α-hetero) is 1. The Balaban J connectivity index is 1.64. The first-order valence-electron chi connectivity index (χ1n) is 11.2. The number of hydrogen-bond donors (Lipinski definition) is 1. The van der Waals surface area contributed by atoms with Crippen molar-refractivity contribution in [3.63, 3.8) is 0 Å². The van der Waals surface area contributed by atoms with E-state index in [0.29, 0.717) is 23.5 Å². The highest BCUT2D eigenvalue weighted by Crippen LogP contribution is 2.39. The molecule has 1 fully saturated rings. The van der Waals surface area contributed by atoms with Crippen LogP contribution < -0.4 is 4.74 Å². The fourth-order valence-electron chi connectivity index (χ4n) is 4.09. The third-order valence-electron chi connectivity index (χ3n) is 6.05. The topological polar surface area (TPSA) is 76.1 Å². The number of halogens is 1. The number of ether oxygens (including phenoxy) is 2. The second-order valence-electron chi connectivity index (χ2n) is 8.28. The quantitative estimate of drug-likeness (QED) is 0.288. The minimum absolute atomic E-state index is 0.0497. The Morgan fingerprint density at radius 3 is 2.34 bits per heavy atom. The van der Waals surface area contributed by atoms with Crippen molar-refractivity contribution in [2.75, 3.05) is 20.3 Å². The zero-order chi connectivity index (χ0) is 24.9. The maximum Gasteiger partial charge on any atom is 0.295 e. The monoisotopic (exact) mass is 475 g/mol. The second kappa shape index (κ2) is 10.5. The van der Waals surface area contributed by atoms with Crippen LogP contribution in [0.4, 0.5) is 4.39 Å². The average molecular weight is 476 g/mol. The number of rotatable bonds is 8. The molecule has 0 bridgehead atoms. The normalized spacial score (nSPS) is 17.1.